The Balaban J connectivity index is 1.42. The summed E-state index contributed by atoms with van der Waals surface area (Å²) in [5, 5.41) is 134. The SMILES string of the molecule is CCCC(=O)OC[C@@]1(O[C@H]2O[C@H](CO[C@H]3O[C@H](CO[C@H]4O[C@H](CO)[C@H](O)[C@H](O)[C@H]4O)[C@H](O)[C@H](O)[C@H]3O)[C@@H](O)[C@H](O)[C@H]2O)O[C@H](CO)[C@@H](O)[C@@H]1O. The fourth-order valence-corrected chi connectivity index (χ4v) is 5.84. The van der Waals surface area contributed by atoms with Gasteiger partial charge in [-0.2, -0.15) is 0 Å². The molecule has 0 aromatic heterocycles. The number of aliphatic hydroxyl groups is 13. The van der Waals surface area contributed by atoms with Crippen molar-refractivity contribution in [2.75, 3.05) is 33.0 Å². The van der Waals surface area contributed by atoms with Crippen molar-refractivity contribution in [2.24, 2.45) is 0 Å². The molecule has 0 spiro atoms. The highest BCUT2D eigenvalue weighted by Crippen LogP contribution is 2.37. The molecule has 4 heterocycles. The zero-order valence-corrected chi connectivity index (χ0v) is 26.8. The second kappa shape index (κ2) is 17.7. The van der Waals surface area contributed by atoms with E-state index in [2.05, 4.69) is 0 Å². The van der Waals surface area contributed by atoms with E-state index in [4.69, 9.17) is 37.9 Å². The number of hydrogen-bond acceptors (Lipinski definition) is 22. The molecule has 4 rings (SSSR count). The summed E-state index contributed by atoms with van der Waals surface area (Å²) in [6, 6.07) is 0. The smallest absolute Gasteiger partial charge is 0.305 e. The van der Waals surface area contributed by atoms with E-state index >= 15 is 0 Å². The molecular formula is C28H48O22. The number of hydrogen-bond donors (Lipinski definition) is 13. The highest BCUT2D eigenvalue weighted by atomic mass is 16.8. The largest absolute Gasteiger partial charge is 0.460 e. The maximum Gasteiger partial charge on any atom is 0.305 e. The second-order valence-electron chi connectivity index (χ2n) is 12.5. The summed E-state index contributed by atoms with van der Waals surface area (Å²) < 4.78 is 43.5. The van der Waals surface area contributed by atoms with Gasteiger partial charge in [0.15, 0.2) is 18.9 Å². The average Bonchev–Trinajstić information content (AvgIpc) is 3.34. The van der Waals surface area contributed by atoms with Crippen LogP contribution < -0.4 is 0 Å². The van der Waals surface area contributed by atoms with Crippen LogP contribution in [0.2, 0.25) is 0 Å². The second-order valence-corrected chi connectivity index (χ2v) is 12.5. The van der Waals surface area contributed by atoms with Crippen LogP contribution in [-0.2, 0) is 42.7 Å². The summed E-state index contributed by atoms with van der Waals surface area (Å²) in [5.74, 6) is -3.18. The van der Waals surface area contributed by atoms with Crippen LogP contribution in [0, 0.1) is 0 Å². The summed E-state index contributed by atoms with van der Waals surface area (Å²) in [7, 11) is 0. The van der Waals surface area contributed by atoms with E-state index in [0.717, 1.165) is 0 Å². The van der Waals surface area contributed by atoms with Crippen molar-refractivity contribution in [1.82, 2.24) is 0 Å². The Kier molecular flexibility index (Phi) is 14.6. The van der Waals surface area contributed by atoms with Crippen LogP contribution in [0.3, 0.4) is 0 Å². The Labute approximate surface area is 284 Å². The predicted molar refractivity (Wildman–Crippen MR) is 153 cm³/mol. The molecule has 0 saturated carbocycles. The van der Waals surface area contributed by atoms with Gasteiger partial charge in [-0.15, -0.1) is 0 Å². The molecule has 22 nitrogen and oxygen atoms in total. The van der Waals surface area contributed by atoms with Crippen LogP contribution >= 0.6 is 0 Å². The molecule has 4 aliphatic rings. The normalized spacial score (nSPS) is 48.4. The fourth-order valence-electron chi connectivity index (χ4n) is 5.84. The van der Waals surface area contributed by atoms with Gasteiger partial charge in [-0.05, 0) is 6.42 Å². The van der Waals surface area contributed by atoms with Gasteiger partial charge in [0, 0.05) is 6.42 Å². The van der Waals surface area contributed by atoms with Crippen LogP contribution in [0.15, 0.2) is 0 Å². The number of rotatable bonds is 14. The van der Waals surface area contributed by atoms with Crippen LogP contribution in [0.25, 0.3) is 0 Å². The summed E-state index contributed by atoms with van der Waals surface area (Å²) in [5.41, 5.74) is 0. The van der Waals surface area contributed by atoms with E-state index in [1.807, 2.05) is 0 Å². The van der Waals surface area contributed by atoms with Gasteiger partial charge in [0.05, 0.1) is 26.4 Å². The van der Waals surface area contributed by atoms with E-state index in [1.54, 1.807) is 6.92 Å². The molecular weight excluding hydrogens is 688 g/mol. The fraction of sp³-hybridized carbons (Fsp3) is 0.964. The van der Waals surface area contributed by atoms with Crippen molar-refractivity contribution < 1.29 is 109 Å². The third-order valence-corrected chi connectivity index (χ3v) is 8.92. The number of ether oxygens (including phenoxy) is 8. The lowest BCUT2D eigenvalue weighted by atomic mass is 9.98. The molecule has 0 unspecified atom stereocenters. The minimum atomic E-state index is -2.44. The Bertz CT molecular complexity index is 1070. The molecule has 19 atom stereocenters. The maximum atomic E-state index is 12.1. The summed E-state index contributed by atoms with van der Waals surface area (Å²) >= 11 is 0. The van der Waals surface area contributed by atoms with Crippen LogP contribution in [0.5, 0.6) is 0 Å². The van der Waals surface area contributed by atoms with Crippen molar-refractivity contribution in [3.8, 4) is 0 Å². The first-order valence-corrected chi connectivity index (χ1v) is 16.0. The Morgan fingerprint density at radius 1 is 0.580 bits per heavy atom. The topological polar surface area (TPSA) is 354 Å². The van der Waals surface area contributed by atoms with Crippen molar-refractivity contribution in [3.05, 3.63) is 0 Å². The molecule has 0 aromatic rings. The molecule has 0 aliphatic carbocycles. The third kappa shape index (κ3) is 8.72. The molecule has 292 valence electrons. The van der Waals surface area contributed by atoms with E-state index in [9.17, 15) is 71.2 Å². The molecule has 4 fully saturated rings. The van der Waals surface area contributed by atoms with Gasteiger partial charge >= 0.3 is 5.97 Å². The Morgan fingerprint density at radius 2 is 1.02 bits per heavy atom. The molecule has 0 amide bonds. The predicted octanol–water partition coefficient (Wildman–Crippen LogP) is -8.40. The Morgan fingerprint density at radius 3 is 1.48 bits per heavy atom. The Hall–Kier alpha value is -1.33. The highest BCUT2D eigenvalue weighted by molar-refractivity contribution is 5.69. The number of carbonyl (C=O) groups is 1. The van der Waals surface area contributed by atoms with Gasteiger partial charge in [-0.25, -0.2) is 0 Å². The minimum Gasteiger partial charge on any atom is -0.460 e. The molecule has 50 heavy (non-hydrogen) atoms. The molecule has 0 bridgehead atoms. The molecule has 4 aliphatic heterocycles. The number of aliphatic hydroxyl groups excluding tert-OH is 13. The standard InChI is InChI=1S/C28H48O22/c1-2-3-13(31)45-8-28(24(42)17(35)10(5-30)49-28)50-27-23(41)20(38)16(34)12(48-27)7-44-26-22(40)19(37)15(33)11(47-26)6-43-25-21(39)18(36)14(32)9(4-29)46-25/h9-12,14-27,29-30,32-42H,2-8H2,1H3/t9-,10-,11-,12-,14+,15+,16-,17-,18+,19+,20+,21-,22-,23-,24+,25+,26+,27-,28+/m1/s1. The van der Waals surface area contributed by atoms with Crippen molar-refractivity contribution in [2.45, 2.75) is 136 Å². The summed E-state index contributed by atoms with van der Waals surface area (Å²) in [6.07, 6.45) is -31.4. The van der Waals surface area contributed by atoms with Crippen molar-refractivity contribution in [3.63, 3.8) is 0 Å². The van der Waals surface area contributed by atoms with E-state index in [-0.39, 0.29) is 6.42 Å². The van der Waals surface area contributed by atoms with E-state index in [0.29, 0.717) is 6.42 Å². The van der Waals surface area contributed by atoms with Gasteiger partial charge in [-0.3, -0.25) is 4.79 Å². The third-order valence-electron chi connectivity index (χ3n) is 8.92. The highest BCUT2D eigenvalue weighted by Gasteiger charge is 2.59. The van der Waals surface area contributed by atoms with Crippen molar-refractivity contribution in [1.29, 1.82) is 0 Å². The number of esters is 1. The first-order chi connectivity index (χ1) is 23.6. The lowest BCUT2D eigenvalue weighted by Gasteiger charge is -2.45. The first kappa shape index (κ1) is 41.4. The van der Waals surface area contributed by atoms with Crippen LogP contribution in [0.4, 0.5) is 0 Å². The van der Waals surface area contributed by atoms with Crippen LogP contribution in [0.1, 0.15) is 19.8 Å². The molecule has 22 heteroatoms. The van der Waals surface area contributed by atoms with E-state index < -0.39 is 155 Å². The number of carbonyl (C=O) groups excluding carboxylic acids is 1. The van der Waals surface area contributed by atoms with Gasteiger partial charge in [0.1, 0.15) is 98.2 Å². The summed E-state index contributed by atoms with van der Waals surface area (Å²) in [6.45, 7) is -2.14. The zero-order chi connectivity index (χ0) is 37.1. The quantitative estimate of drug-likeness (QED) is 0.0736. The first-order valence-electron chi connectivity index (χ1n) is 16.0. The van der Waals surface area contributed by atoms with Crippen molar-refractivity contribution >= 4 is 5.97 Å². The van der Waals surface area contributed by atoms with E-state index in [1.165, 1.54) is 0 Å². The monoisotopic (exact) mass is 736 g/mol. The van der Waals surface area contributed by atoms with Gasteiger partial charge < -0.3 is 104 Å². The van der Waals surface area contributed by atoms with Gasteiger partial charge in [0.25, 0.3) is 0 Å². The molecule has 0 radical (unpaired) electrons. The van der Waals surface area contributed by atoms with Gasteiger partial charge in [0.2, 0.25) is 5.79 Å². The minimum absolute atomic E-state index is 0.0351. The lowest BCUT2D eigenvalue weighted by Crippen LogP contribution is -2.64. The lowest BCUT2D eigenvalue weighted by molar-refractivity contribution is -0.388. The molecule has 0 aromatic carbocycles. The maximum absolute atomic E-state index is 12.1. The van der Waals surface area contributed by atoms with Crippen LogP contribution in [-0.4, -0.2) is 222 Å². The van der Waals surface area contributed by atoms with Gasteiger partial charge in [-0.1, -0.05) is 6.92 Å². The molecule has 13 N–H and O–H groups in total. The zero-order valence-electron chi connectivity index (χ0n) is 26.8. The average molecular weight is 737 g/mol. The molecule has 4 saturated heterocycles. The summed E-state index contributed by atoms with van der Waals surface area (Å²) in [4.78, 5) is 12.1.